The number of nitrogens with one attached hydrogen (secondary N) is 1. The van der Waals surface area contributed by atoms with Crippen LogP contribution in [0.15, 0.2) is 71.7 Å². The SMILES string of the molecule is CN(C)c1ccc2c(c1)CCN(c1cccc(-c3cn(C)c(=O)c(Nc4ccc(N5CCOCC5)cc4)n3)c1CO)C2=O. The molecule has 3 aromatic carbocycles. The lowest BCUT2D eigenvalue weighted by molar-refractivity contribution is 0.0980. The maximum atomic E-state index is 13.6. The molecule has 0 atom stereocenters. The summed E-state index contributed by atoms with van der Waals surface area (Å²) < 4.78 is 6.93. The van der Waals surface area contributed by atoms with Crippen molar-refractivity contribution in [3.8, 4) is 11.3 Å². The van der Waals surface area contributed by atoms with Crippen molar-refractivity contribution < 1.29 is 14.6 Å². The van der Waals surface area contributed by atoms with Crippen LogP contribution in [0.25, 0.3) is 11.3 Å². The Balaban J connectivity index is 1.30. The minimum atomic E-state index is -0.294. The van der Waals surface area contributed by atoms with Crippen LogP contribution in [-0.4, -0.2) is 67.5 Å². The molecule has 10 heteroatoms. The summed E-state index contributed by atoms with van der Waals surface area (Å²) >= 11 is 0. The van der Waals surface area contributed by atoms with Gasteiger partial charge in [-0.3, -0.25) is 9.59 Å². The second-order valence-electron chi connectivity index (χ2n) is 11.1. The Morgan fingerprint density at radius 2 is 1.74 bits per heavy atom. The molecule has 0 bridgehead atoms. The van der Waals surface area contributed by atoms with E-state index in [0.717, 1.165) is 35.7 Å². The van der Waals surface area contributed by atoms with Gasteiger partial charge in [0.25, 0.3) is 11.5 Å². The second kappa shape index (κ2) is 11.9. The summed E-state index contributed by atoms with van der Waals surface area (Å²) in [7, 11) is 5.64. The average Bonchev–Trinajstić information content (AvgIpc) is 3.03. The number of aliphatic hydroxyl groups excluding tert-OH is 1. The van der Waals surface area contributed by atoms with Crippen molar-refractivity contribution in [1.29, 1.82) is 0 Å². The van der Waals surface area contributed by atoms with E-state index in [1.165, 1.54) is 4.57 Å². The number of ether oxygens (including phenoxy) is 1. The Labute approximate surface area is 250 Å². The molecule has 0 aliphatic carbocycles. The molecule has 2 aliphatic heterocycles. The molecular formula is C33H36N6O4. The number of aliphatic hydroxyl groups is 1. The largest absolute Gasteiger partial charge is 0.392 e. The highest BCUT2D eigenvalue weighted by atomic mass is 16.5. The minimum Gasteiger partial charge on any atom is -0.392 e. The minimum absolute atomic E-state index is 0.102. The van der Waals surface area contributed by atoms with Gasteiger partial charge in [0.1, 0.15) is 0 Å². The summed E-state index contributed by atoms with van der Waals surface area (Å²) in [5, 5.41) is 13.7. The fraction of sp³-hybridized carbons (Fsp3) is 0.303. The first-order chi connectivity index (χ1) is 20.8. The van der Waals surface area contributed by atoms with E-state index in [9.17, 15) is 14.7 Å². The lowest BCUT2D eigenvalue weighted by Crippen LogP contribution is -2.38. The van der Waals surface area contributed by atoms with Crippen molar-refractivity contribution in [3.63, 3.8) is 0 Å². The Bertz CT molecular complexity index is 1710. The number of hydrogen-bond acceptors (Lipinski definition) is 8. The smallest absolute Gasteiger partial charge is 0.293 e. The molecule has 2 aliphatic rings. The van der Waals surface area contributed by atoms with E-state index in [1.54, 1.807) is 18.1 Å². The topological polar surface area (TPSA) is 103 Å². The van der Waals surface area contributed by atoms with E-state index in [4.69, 9.17) is 9.72 Å². The summed E-state index contributed by atoms with van der Waals surface area (Å²) in [6, 6.07) is 19.3. The predicted molar refractivity (Wildman–Crippen MR) is 170 cm³/mol. The lowest BCUT2D eigenvalue weighted by atomic mass is 9.95. The summed E-state index contributed by atoms with van der Waals surface area (Å²) in [6.45, 7) is 3.30. The number of morpholine rings is 1. The van der Waals surface area contributed by atoms with E-state index in [2.05, 4.69) is 16.3 Å². The third kappa shape index (κ3) is 5.59. The number of carbonyl (C=O) groups is 1. The molecule has 1 aromatic heterocycles. The van der Waals surface area contributed by atoms with Crippen molar-refractivity contribution in [2.45, 2.75) is 13.0 Å². The van der Waals surface area contributed by atoms with Gasteiger partial charge in [-0.2, -0.15) is 0 Å². The van der Waals surface area contributed by atoms with Gasteiger partial charge in [0.15, 0.2) is 5.82 Å². The fourth-order valence-electron chi connectivity index (χ4n) is 5.75. The number of aromatic nitrogens is 2. The Kier molecular flexibility index (Phi) is 7.88. The number of benzene rings is 3. The van der Waals surface area contributed by atoms with E-state index in [-0.39, 0.29) is 23.9 Å². The Hall–Kier alpha value is -4.67. The van der Waals surface area contributed by atoms with E-state index in [1.807, 2.05) is 73.6 Å². The molecule has 6 rings (SSSR count). The van der Waals surface area contributed by atoms with Gasteiger partial charge < -0.3 is 34.4 Å². The van der Waals surface area contributed by atoms with E-state index >= 15 is 0 Å². The highest BCUT2D eigenvalue weighted by molar-refractivity contribution is 6.09. The number of anilines is 5. The van der Waals surface area contributed by atoms with Gasteiger partial charge in [-0.25, -0.2) is 4.98 Å². The van der Waals surface area contributed by atoms with Crippen LogP contribution in [0.3, 0.4) is 0 Å². The molecule has 3 heterocycles. The van der Waals surface area contributed by atoms with Crippen LogP contribution in [-0.2, 0) is 24.8 Å². The zero-order valence-electron chi connectivity index (χ0n) is 24.7. The zero-order chi connectivity index (χ0) is 30.1. The van der Waals surface area contributed by atoms with Gasteiger partial charge in [0.2, 0.25) is 0 Å². The van der Waals surface area contributed by atoms with Gasteiger partial charge in [0, 0.05) is 80.7 Å². The quantitative estimate of drug-likeness (QED) is 0.341. The van der Waals surface area contributed by atoms with Crippen LogP contribution in [0.1, 0.15) is 21.5 Å². The number of rotatable bonds is 7. The van der Waals surface area contributed by atoms with Crippen molar-refractivity contribution in [2.24, 2.45) is 7.05 Å². The molecule has 4 aromatic rings. The number of amides is 1. The normalized spacial score (nSPS) is 14.9. The van der Waals surface area contributed by atoms with Crippen molar-refractivity contribution in [2.75, 3.05) is 67.0 Å². The lowest BCUT2D eigenvalue weighted by Gasteiger charge is -2.31. The van der Waals surface area contributed by atoms with Gasteiger partial charge in [-0.15, -0.1) is 0 Å². The molecule has 0 radical (unpaired) electrons. The Morgan fingerprint density at radius 1 is 0.977 bits per heavy atom. The highest BCUT2D eigenvalue weighted by Gasteiger charge is 2.28. The number of nitrogens with zero attached hydrogens (tertiary/aromatic N) is 5. The number of hydrogen-bond donors (Lipinski definition) is 2. The van der Waals surface area contributed by atoms with Gasteiger partial charge in [-0.1, -0.05) is 12.1 Å². The molecule has 43 heavy (non-hydrogen) atoms. The summed E-state index contributed by atoms with van der Waals surface area (Å²) in [5.41, 5.74) is 6.68. The van der Waals surface area contributed by atoms with Crippen LogP contribution in [0.5, 0.6) is 0 Å². The first kappa shape index (κ1) is 28.4. The molecule has 10 nitrogen and oxygen atoms in total. The fourth-order valence-corrected chi connectivity index (χ4v) is 5.75. The standard InChI is InChI=1S/C33H36N6O4/c1-36(2)25-11-12-26-22(19-25)13-14-39(32(26)41)30-6-4-5-27(28(30)21-40)29-20-37(3)33(42)31(35-29)34-23-7-9-24(10-8-23)38-15-17-43-18-16-38/h4-12,19-20,40H,13-18,21H2,1-3H3,(H,34,35). The summed E-state index contributed by atoms with van der Waals surface area (Å²) in [5.74, 6) is 0.0720. The van der Waals surface area contributed by atoms with Crippen molar-refractivity contribution in [3.05, 3.63) is 93.9 Å². The number of fused-ring (bicyclic) bond motifs is 1. The van der Waals surface area contributed by atoms with Crippen LogP contribution in [0.2, 0.25) is 0 Å². The average molecular weight is 581 g/mol. The predicted octanol–water partition coefficient (Wildman–Crippen LogP) is 3.79. The van der Waals surface area contributed by atoms with Crippen molar-refractivity contribution in [1.82, 2.24) is 9.55 Å². The number of carbonyl (C=O) groups excluding carboxylic acids is 1. The molecule has 0 saturated carbocycles. The molecule has 1 fully saturated rings. The molecule has 0 spiro atoms. The van der Waals surface area contributed by atoms with Gasteiger partial charge in [-0.05, 0) is 60.5 Å². The summed E-state index contributed by atoms with van der Waals surface area (Å²) in [4.78, 5) is 37.4. The third-order valence-corrected chi connectivity index (χ3v) is 8.14. The van der Waals surface area contributed by atoms with Crippen LogP contribution in [0.4, 0.5) is 28.6 Å². The first-order valence-electron chi connectivity index (χ1n) is 14.5. The van der Waals surface area contributed by atoms with Gasteiger partial charge >= 0.3 is 0 Å². The van der Waals surface area contributed by atoms with E-state index in [0.29, 0.717) is 54.3 Å². The second-order valence-corrected chi connectivity index (χ2v) is 11.1. The summed E-state index contributed by atoms with van der Waals surface area (Å²) in [6.07, 6.45) is 2.36. The molecule has 0 unspecified atom stereocenters. The van der Waals surface area contributed by atoms with Gasteiger partial charge in [0.05, 0.1) is 31.2 Å². The first-order valence-corrected chi connectivity index (χ1v) is 14.5. The van der Waals surface area contributed by atoms with Crippen LogP contribution >= 0.6 is 0 Å². The Morgan fingerprint density at radius 3 is 2.47 bits per heavy atom. The monoisotopic (exact) mass is 580 g/mol. The molecule has 2 N–H and O–H groups in total. The molecule has 222 valence electrons. The highest BCUT2D eigenvalue weighted by Crippen LogP contribution is 2.34. The zero-order valence-corrected chi connectivity index (χ0v) is 24.7. The molecule has 1 saturated heterocycles. The number of aryl methyl sites for hydroxylation is 1. The molecular weight excluding hydrogens is 544 g/mol. The van der Waals surface area contributed by atoms with Crippen LogP contribution in [0, 0.1) is 0 Å². The van der Waals surface area contributed by atoms with E-state index < -0.39 is 0 Å². The third-order valence-electron chi connectivity index (χ3n) is 8.14. The molecule has 1 amide bonds. The maximum absolute atomic E-state index is 13.6. The van der Waals surface area contributed by atoms with Crippen molar-refractivity contribution >= 4 is 34.5 Å². The van der Waals surface area contributed by atoms with Crippen LogP contribution < -0.4 is 25.6 Å². The maximum Gasteiger partial charge on any atom is 0.293 e.